The lowest BCUT2D eigenvalue weighted by Gasteiger charge is -2.36. The zero-order valence-corrected chi connectivity index (χ0v) is 9.58. The molecule has 1 aromatic carbocycles. The lowest BCUT2D eigenvalue weighted by molar-refractivity contribution is -0.385. The second-order valence-electron chi connectivity index (χ2n) is 4.03. The van der Waals surface area contributed by atoms with Gasteiger partial charge in [0.1, 0.15) is 5.82 Å². The van der Waals surface area contributed by atoms with Gasteiger partial charge in [-0.2, -0.15) is 0 Å². The first-order chi connectivity index (χ1) is 8.61. The molecule has 0 saturated carbocycles. The van der Waals surface area contributed by atoms with Crippen molar-refractivity contribution in [3.8, 4) is 0 Å². The third-order valence-electron chi connectivity index (χ3n) is 2.85. The first-order valence-corrected chi connectivity index (χ1v) is 5.52. The summed E-state index contributed by atoms with van der Waals surface area (Å²) in [5.74, 6) is -0.664. The summed E-state index contributed by atoms with van der Waals surface area (Å²) >= 11 is 0. The predicted octanol–water partition coefficient (Wildman–Crippen LogP) is 0.931. The smallest absolute Gasteiger partial charge is 0.274 e. The van der Waals surface area contributed by atoms with E-state index in [1.54, 1.807) is 4.90 Å². The first-order valence-electron chi connectivity index (χ1n) is 5.52. The zero-order valence-electron chi connectivity index (χ0n) is 9.58. The van der Waals surface area contributed by atoms with Crippen LogP contribution in [-0.4, -0.2) is 42.4 Å². The van der Waals surface area contributed by atoms with Crippen LogP contribution in [-0.2, 0) is 4.74 Å². The number of hydrogen-bond donors (Lipinski definition) is 1. The van der Waals surface area contributed by atoms with Crippen molar-refractivity contribution in [3.63, 3.8) is 0 Å². The van der Waals surface area contributed by atoms with Gasteiger partial charge in [0.15, 0.2) is 0 Å². The van der Waals surface area contributed by atoms with Crippen LogP contribution in [0.5, 0.6) is 0 Å². The Bertz CT molecular complexity index is 455. The Kier molecular flexibility index (Phi) is 3.73. The summed E-state index contributed by atoms with van der Waals surface area (Å²) in [6.07, 6.45) is 0. The minimum atomic E-state index is -0.664. The number of nitrogens with zero attached hydrogens (tertiary/aromatic N) is 2. The van der Waals surface area contributed by atoms with Crippen LogP contribution in [0.15, 0.2) is 18.2 Å². The van der Waals surface area contributed by atoms with Crippen LogP contribution in [0.4, 0.5) is 15.8 Å². The average molecular weight is 256 g/mol. The largest absolute Gasteiger partial charge is 0.394 e. The summed E-state index contributed by atoms with van der Waals surface area (Å²) < 4.78 is 18.6. The molecule has 1 N–H and O–H groups in total. The van der Waals surface area contributed by atoms with Gasteiger partial charge in [0.2, 0.25) is 0 Å². The van der Waals surface area contributed by atoms with Crippen molar-refractivity contribution < 1.29 is 19.2 Å². The predicted molar refractivity (Wildman–Crippen MR) is 62.1 cm³/mol. The quantitative estimate of drug-likeness (QED) is 0.643. The van der Waals surface area contributed by atoms with Gasteiger partial charge in [-0.1, -0.05) is 0 Å². The third-order valence-corrected chi connectivity index (χ3v) is 2.85. The standard InChI is InChI=1S/C11H13FN2O4/c12-8-3-9(5-10(4-8)14(16)17)13-1-2-18-7-11(13)6-15/h3-5,11,15H,1-2,6-7H2. The van der Waals surface area contributed by atoms with Crippen LogP contribution in [0.3, 0.4) is 0 Å². The highest BCUT2D eigenvalue weighted by atomic mass is 19.1. The van der Waals surface area contributed by atoms with E-state index >= 15 is 0 Å². The Hall–Kier alpha value is -1.73. The highest BCUT2D eigenvalue weighted by Crippen LogP contribution is 2.26. The molecule has 1 atom stereocenters. The summed E-state index contributed by atoms with van der Waals surface area (Å²) in [5.41, 5.74) is 0.0947. The summed E-state index contributed by atoms with van der Waals surface area (Å²) in [4.78, 5) is 11.8. The molecule has 1 fully saturated rings. The maximum absolute atomic E-state index is 13.3. The maximum Gasteiger partial charge on any atom is 0.274 e. The minimum Gasteiger partial charge on any atom is -0.394 e. The van der Waals surface area contributed by atoms with Crippen molar-refractivity contribution in [2.45, 2.75) is 6.04 Å². The van der Waals surface area contributed by atoms with Crippen LogP contribution >= 0.6 is 0 Å². The second-order valence-corrected chi connectivity index (χ2v) is 4.03. The normalized spacial score (nSPS) is 19.9. The number of aliphatic hydroxyl groups is 1. The number of nitro groups is 1. The zero-order chi connectivity index (χ0) is 13.1. The van der Waals surface area contributed by atoms with Crippen molar-refractivity contribution in [1.82, 2.24) is 0 Å². The van der Waals surface area contributed by atoms with Gasteiger partial charge in [0.25, 0.3) is 5.69 Å². The Morgan fingerprint density at radius 2 is 2.33 bits per heavy atom. The van der Waals surface area contributed by atoms with E-state index < -0.39 is 10.7 Å². The lowest BCUT2D eigenvalue weighted by Crippen LogP contribution is -2.47. The lowest BCUT2D eigenvalue weighted by atomic mass is 10.2. The number of nitro benzene ring substituents is 1. The van der Waals surface area contributed by atoms with E-state index in [-0.39, 0.29) is 18.3 Å². The summed E-state index contributed by atoms with van der Waals surface area (Å²) in [7, 11) is 0. The van der Waals surface area contributed by atoms with Gasteiger partial charge in [0.05, 0.1) is 36.9 Å². The molecular formula is C11H13FN2O4. The van der Waals surface area contributed by atoms with Crippen molar-refractivity contribution in [2.24, 2.45) is 0 Å². The van der Waals surface area contributed by atoms with Gasteiger partial charge in [-0.05, 0) is 6.07 Å². The number of hydrogen-bond acceptors (Lipinski definition) is 5. The maximum atomic E-state index is 13.3. The van der Waals surface area contributed by atoms with Gasteiger partial charge in [-0.25, -0.2) is 4.39 Å². The average Bonchev–Trinajstić information content (AvgIpc) is 2.38. The number of non-ortho nitro benzene ring substituents is 1. The fourth-order valence-corrected chi connectivity index (χ4v) is 1.98. The summed E-state index contributed by atoms with van der Waals surface area (Å²) in [6.45, 7) is 1.08. The minimum absolute atomic E-state index is 0.149. The van der Waals surface area contributed by atoms with E-state index in [9.17, 15) is 19.6 Å². The van der Waals surface area contributed by atoms with E-state index in [0.717, 1.165) is 6.07 Å². The molecule has 0 aromatic heterocycles. The molecule has 7 heteroatoms. The van der Waals surface area contributed by atoms with Gasteiger partial charge < -0.3 is 14.7 Å². The van der Waals surface area contributed by atoms with Crippen LogP contribution in [0, 0.1) is 15.9 Å². The molecule has 2 rings (SSSR count). The van der Waals surface area contributed by atoms with Crippen molar-refractivity contribution in [2.75, 3.05) is 31.3 Å². The molecule has 1 saturated heterocycles. The van der Waals surface area contributed by atoms with Crippen molar-refractivity contribution in [3.05, 3.63) is 34.1 Å². The fourth-order valence-electron chi connectivity index (χ4n) is 1.98. The molecule has 1 aliphatic heterocycles. The fraction of sp³-hybridized carbons (Fsp3) is 0.455. The molecule has 1 unspecified atom stereocenters. The molecule has 0 aliphatic carbocycles. The molecule has 1 aromatic rings. The van der Waals surface area contributed by atoms with E-state index in [0.29, 0.717) is 25.4 Å². The highest BCUT2D eigenvalue weighted by Gasteiger charge is 2.24. The Morgan fingerprint density at radius 1 is 1.56 bits per heavy atom. The van der Waals surface area contributed by atoms with Crippen molar-refractivity contribution in [1.29, 1.82) is 0 Å². The molecule has 0 bridgehead atoms. The number of halogens is 1. The van der Waals surface area contributed by atoms with Crippen LogP contribution in [0.25, 0.3) is 0 Å². The summed E-state index contributed by atoms with van der Waals surface area (Å²) in [5, 5.41) is 19.9. The van der Waals surface area contributed by atoms with E-state index in [1.807, 2.05) is 0 Å². The molecule has 0 spiro atoms. The van der Waals surface area contributed by atoms with Crippen LogP contribution < -0.4 is 4.90 Å². The Balaban J connectivity index is 2.33. The molecule has 6 nitrogen and oxygen atoms in total. The third kappa shape index (κ3) is 2.57. The molecular weight excluding hydrogens is 243 g/mol. The van der Waals surface area contributed by atoms with Crippen molar-refractivity contribution >= 4 is 11.4 Å². The topological polar surface area (TPSA) is 75.8 Å². The number of aliphatic hydroxyl groups excluding tert-OH is 1. The van der Waals surface area contributed by atoms with Gasteiger partial charge >= 0.3 is 0 Å². The Labute approximate surface area is 103 Å². The number of morpholine rings is 1. The SMILES string of the molecule is O=[N+]([O-])c1cc(F)cc(N2CCOCC2CO)c1. The highest BCUT2D eigenvalue weighted by molar-refractivity contribution is 5.54. The van der Waals surface area contributed by atoms with Crippen LogP contribution in [0.1, 0.15) is 0 Å². The molecule has 1 aliphatic rings. The monoisotopic (exact) mass is 256 g/mol. The van der Waals surface area contributed by atoms with E-state index in [4.69, 9.17) is 4.74 Å². The van der Waals surface area contributed by atoms with E-state index in [2.05, 4.69) is 0 Å². The second kappa shape index (κ2) is 5.28. The molecule has 1 heterocycles. The number of ether oxygens (including phenoxy) is 1. The Morgan fingerprint density at radius 3 is 3.00 bits per heavy atom. The molecule has 18 heavy (non-hydrogen) atoms. The molecule has 0 amide bonds. The number of rotatable bonds is 3. The number of anilines is 1. The van der Waals surface area contributed by atoms with Gasteiger partial charge in [0, 0.05) is 18.3 Å². The number of benzene rings is 1. The van der Waals surface area contributed by atoms with E-state index in [1.165, 1.54) is 12.1 Å². The molecule has 0 radical (unpaired) electrons. The molecule has 98 valence electrons. The van der Waals surface area contributed by atoms with Crippen LogP contribution in [0.2, 0.25) is 0 Å². The summed E-state index contributed by atoms with van der Waals surface area (Å²) in [6, 6.07) is 3.09. The van der Waals surface area contributed by atoms with Gasteiger partial charge in [-0.3, -0.25) is 10.1 Å². The first kappa shape index (κ1) is 12.7. The van der Waals surface area contributed by atoms with Gasteiger partial charge in [-0.15, -0.1) is 0 Å².